The highest BCUT2D eigenvalue weighted by Gasteiger charge is 2.22. The number of carbonyl (C=O) groups is 1. The zero-order chi connectivity index (χ0) is 16.4. The van der Waals surface area contributed by atoms with Gasteiger partial charge in [0.1, 0.15) is 0 Å². The minimum absolute atomic E-state index is 0.0188. The van der Waals surface area contributed by atoms with E-state index in [1.165, 1.54) is 11.3 Å². The van der Waals surface area contributed by atoms with Gasteiger partial charge in [0.25, 0.3) is 0 Å². The number of ether oxygens (including phenoxy) is 1. The quantitative estimate of drug-likeness (QED) is 0.793. The van der Waals surface area contributed by atoms with Gasteiger partial charge in [0.05, 0.1) is 16.6 Å². The minimum atomic E-state index is 0.0188. The van der Waals surface area contributed by atoms with E-state index in [9.17, 15) is 4.79 Å². The van der Waals surface area contributed by atoms with Crippen LogP contribution in [0.25, 0.3) is 21.3 Å². The van der Waals surface area contributed by atoms with Gasteiger partial charge in [-0.1, -0.05) is 17.4 Å². The molecule has 6 nitrogen and oxygen atoms in total. The first-order valence-corrected chi connectivity index (χ1v) is 8.67. The minimum Gasteiger partial charge on any atom is -0.381 e. The molecule has 0 radical (unpaired) electrons. The number of hydrogen-bond acceptors (Lipinski definition) is 6. The standard InChI is InChI=1S/C17H16N4O2S/c22-16(11-4-7-23-8-5-11)20-17-18-10-15(24-17)13-1-2-14-12(9-13)3-6-19-21-14/h1-3,6,9-11H,4-5,7-8H2,(H,18,20,22). The summed E-state index contributed by atoms with van der Waals surface area (Å²) in [5.41, 5.74) is 1.92. The number of nitrogens with zero attached hydrogens (tertiary/aromatic N) is 3. The van der Waals surface area contributed by atoms with Crippen LogP contribution in [0, 0.1) is 5.92 Å². The first-order chi connectivity index (χ1) is 11.8. The molecule has 1 aliphatic rings. The van der Waals surface area contributed by atoms with Gasteiger partial charge in [0, 0.05) is 30.7 Å². The van der Waals surface area contributed by atoms with E-state index in [0.29, 0.717) is 18.3 Å². The summed E-state index contributed by atoms with van der Waals surface area (Å²) >= 11 is 1.48. The molecular formula is C17H16N4O2S. The molecule has 0 bridgehead atoms. The third-order valence-corrected chi connectivity index (χ3v) is 5.09. The fourth-order valence-corrected chi connectivity index (χ4v) is 3.59. The molecule has 0 atom stereocenters. The number of anilines is 1. The van der Waals surface area contributed by atoms with Crippen molar-refractivity contribution >= 4 is 33.3 Å². The molecule has 24 heavy (non-hydrogen) atoms. The Bertz CT molecular complexity index is 874. The van der Waals surface area contributed by atoms with Crippen LogP contribution < -0.4 is 5.32 Å². The van der Waals surface area contributed by atoms with E-state index in [1.807, 2.05) is 18.2 Å². The van der Waals surface area contributed by atoms with Crippen molar-refractivity contribution in [3.05, 3.63) is 36.7 Å². The van der Waals surface area contributed by atoms with Gasteiger partial charge in [0.15, 0.2) is 5.13 Å². The molecule has 0 spiro atoms. The molecule has 1 aliphatic heterocycles. The van der Waals surface area contributed by atoms with Crippen LogP contribution >= 0.6 is 11.3 Å². The number of thiazole rings is 1. The smallest absolute Gasteiger partial charge is 0.229 e. The average Bonchev–Trinajstić information content (AvgIpc) is 3.10. The number of fused-ring (bicyclic) bond motifs is 1. The Morgan fingerprint density at radius 3 is 3.00 bits per heavy atom. The van der Waals surface area contributed by atoms with Gasteiger partial charge in [0.2, 0.25) is 5.91 Å². The summed E-state index contributed by atoms with van der Waals surface area (Å²) in [6, 6.07) is 7.93. The van der Waals surface area contributed by atoms with E-state index < -0.39 is 0 Å². The highest BCUT2D eigenvalue weighted by Crippen LogP contribution is 2.31. The fraction of sp³-hybridized carbons (Fsp3) is 0.294. The summed E-state index contributed by atoms with van der Waals surface area (Å²) in [7, 11) is 0. The highest BCUT2D eigenvalue weighted by molar-refractivity contribution is 7.19. The molecule has 3 heterocycles. The van der Waals surface area contributed by atoms with Crippen LogP contribution in [-0.2, 0) is 9.53 Å². The Balaban J connectivity index is 1.52. The Morgan fingerprint density at radius 1 is 1.25 bits per heavy atom. The maximum Gasteiger partial charge on any atom is 0.229 e. The second-order valence-electron chi connectivity index (χ2n) is 5.71. The Kier molecular flexibility index (Phi) is 4.18. The molecule has 0 unspecified atom stereocenters. The predicted molar refractivity (Wildman–Crippen MR) is 92.8 cm³/mol. The Morgan fingerprint density at radius 2 is 2.12 bits per heavy atom. The van der Waals surface area contributed by atoms with Crippen molar-refractivity contribution in [1.29, 1.82) is 0 Å². The van der Waals surface area contributed by atoms with Crippen LogP contribution in [0.15, 0.2) is 36.7 Å². The SMILES string of the molecule is O=C(Nc1ncc(-c2ccc3nnccc3c2)s1)C1CCOCC1. The van der Waals surface area contributed by atoms with Crippen LogP contribution in [0.3, 0.4) is 0 Å². The Labute approximate surface area is 142 Å². The van der Waals surface area contributed by atoms with Gasteiger partial charge in [-0.2, -0.15) is 10.2 Å². The maximum atomic E-state index is 12.3. The number of carbonyl (C=O) groups excluding carboxylic acids is 1. The summed E-state index contributed by atoms with van der Waals surface area (Å²) < 4.78 is 5.29. The van der Waals surface area contributed by atoms with Crippen molar-refractivity contribution in [3.63, 3.8) is 0 Å². The molecule has 4 rings (SSSR count). The van der Waals surface area contributed by atoms with Crippen LogP contribution in [0.2, 0.25) is 0 Å². The topological polar surface area (TPSA) is 77.0 Å². The molecule has 1 aromatic carbocycles. The predicted octanol–water partition coefficient (Wildman–Crippen LogP) is 3.12. The zero-order valence-electron chi connectivity index (χ0n) is 12.9. The molecule has 1 fully saturated rings. The third kappa shape index (κ3) is 3.13. The first-order valence-electron chi connectivity index (χ1n) is 7.86. The van der Waals surface area contributed by atoms with Crippen LogP contribution in [0.4, 0.5) is 5.13 Å². The van der Waals surface area contributed by atoms with Gasteiger partial charge in [-0.05, 0) is 36.6 Å². The lowest BCUT2D eigenvalue weighted by molar-refractivity contribution is -0.122. The van der Waals surface area contributed by atoms with Crippen LogP contribution in [0.1, 0.15) is 12.8 Å². The van der Waals surface area contributed by atoms with Crippen molar-refractivity contribution < 1.29 is 9.53 Å². The van der Waals surface area contributed by atoms with Gasteiger partial charge in [-0.3, -0.25) is 4.79 Å². The molecule has 1 amide bonds. The van der Waals surface area contributed by atoms with Crippen molar-refractivity contribution in [1.82, 2.24) is 15.2 Å². The number of rotatable bonds is 3. The number of aromatic nitrogens is 3. The first kappa shape index (κ1) is 15.2. The molecule has 1 saturated heterocycles. The van der Waals surface area contributed by atoms with E-state index in [1.54, 1.807) is 12.4 Å². The average molecular weight is 340 g/mol. The van der Waals surface area contributed by atoms with Gasteiger partial charge in [-0.15, -0.1) is 0 Å². The third-order valence-electron chi connectivity index (χ3n) is 4.13. The monoisotopic (exact) mass is 340 g/mol. The number of nitrogens with one attached hydrogen (secondary N) is 1. The molecule has 3 aromatic rings. The van der Waals surface area contributed by atoms with E-state index in [0.717, 1.165) is 34.2 Å². The molecule has 2 aromatic heterocycles. The lowest BCUT2D eigenvalue weighted by Gasteiger charge is -2.20. The normalized spacial score (nSPS) is 15.5. The van der Waals surface area contributed by atoms with Gasteiger partial charge < -0.3 is 10.1 Å². The van der Waals surface area contributed by atoms with Crippen LogP contribution in [-0.4, -0.2) is 34.3 Å². The fourth-order valence-electron chi connectivity index (χ4n) is 2.77. The highest BCUT2D eigenvalue weighted by atomic mass is 32.1. The van der Waals surface area contributed by atoms with Gasteiger partial charge >= 0.3 is 0 Å². The van der Waals surface area contributed by atoms with Crippen LogP contribution in [0.5, 0.6) is 0 Å². The molecular weight excluding hydrogens is 324 g/mol. The van der Waals surface area contributed by atoms with E-state index in [2.05, 4.69) is 26.6 Å². The Hall–Kier alpha value is -2.38. The molecule has 122 valence electrons. The largest absolute Gasteiger partial charge is 0.381 e. The van der Waals surface area contributed by atoms with Crippen molar-refractivity contribution in [3.8, 4) is 10.4 Å². The molecule has 0 saturated carbocycles. The van der Waals surface area contributed by atoms with Crippen molar-refractivity contribution in [2.24, 2.45) is 5.92 Å². The maximum absolute atomic E-state index is 12.3. The number of hydrogen-bond donors (Lipinski definition) is 1. The number of amides is 1. The van der Waals surface area contributed by atoms with Crippen molar-refractivity contribution in [2.45, 2.75) is 12.8 Å². The van der Waals surface area contributed by atoms with Gasteiger partial charge in [-0.25, -0.2) is 4.98 Å². The van der Waals surface area contributed by atoms with Crippen molar-refractivity contribution in [2.75, 3.05) is 18.5 Å². The van der Waals surface area contributed by atoms with E-state index >= 15 is 0 Å². The summed E-state index contributed by atoms with van der Waals surface area (Å²) in [6.45, 7) is 1.31. The molecule has 7 heteroatoms. The van der Waals surface area contributed by atoms with E-state index in [-0.39, 0.29) is 11.8 Å². The summed E-state index contributed by atoms with van der Waals surface area (Å²) in [5, 5.41) is 12.6. The van der Waals surface area contributed by atoms with E-state index in [4.69, 9.17) is 4.74 Å². The summed E-state index contributed by atoms with van der Waals surface area (Å²) in [4.78, 5) is 17.6. The zero-order valence-corrected chi connectivity index (χ0v) is 13.8. The summed E-state index contributed by atoms with van der Waals surface area (Å²) in [6.07, 6.45) is 5.02. The molecule has 0 aliphatic carbocycles. The second-order valence-corrected chi connectivity index (χ2v) is 6.74. The second kappa shape index (κ2) is 6.62. The number of benzene rings is 1. The molecule has 1 N–H and O–H groups in total. The lowest BCUT2D eigenvalue weighted by Crippen LogP contribution is -2.28. The lowest BCUT2D eigenvalue weighted by atomic mass is 10.00. The summed E-state index contributed by atoms with van der Waals surface area (Å²) in [5.74, 6) is 0.0540.